The Balaban J connectivity index is 1.40. The molecule has 33 heavy (non-hydrogen) atoms. The van der Waals surface area contributed by atoms with Crippen LogP contribution in [0.2, 0.25) is 0 Å². The van der Waals surface area contributed by atoms with Crippen molar-refractivity contribution in [1.82, 2.24) is 0 Å². The molecule has 0 heterocycles. The van der Waals surface area contributed by atoms with E-state index in [1.165, 1.54) is 18.9 Å². The average molecular weight is 453 g/mol. The van der Waals surface area contributed by atoms with Crippen LogP contribution in [0.3, 0.4) is 0 Å². The number of benzene rings is 3. The highest BCUT2D eigenvalue weighted by molar-refractivity contribution is 5.64. The molecular weight excluding hydrogens is 421 g/mol. The van der Waals surface area contributed by atoms with Crippen LogP contribution in [0, 0.1) is 30.3 Å². The molecule has 0 bridgehead atoms. The lowest BCUT2D eigenvalue weighted by molar-refractivity contribution is 0.279. The van der Waals surface area contributed by atoms with Crippen molar-refractivity contribution in [1.29, 1.82) is 0 Å². The van der Waals surface area contributed by atoms with Crippen LogP contribution in [0.5, 0.6) is 5.75 Å². The highest BCUT2D eigenvalue weighted by Gasteiger charge is 2.26. The molecule has 0 N–H and O–H groups in total. The quantitative estimate of drug-likeness (QED) is 0.348. The second-order valence-corrected chi connectivity index (χ2v) is 9.26. The molecule has 1 fully saturated rings. The summed E-state index contributed by atoms with van der Waals surface area (Å²) in [5.41, 5.74) is 3.42. The summed E-state index contributed by atoms with van der Waals surface area (Å²) >= 11 is 0. The second-order valence-electron chi connectivity index (χ2n) is 9.26. The van der Waals surface area contributed by atoms with Gasteiger partial charge in [0.1, 0.15) is 12.4 Å². The molecule has 1 aliphatic rings. The van der Waals surface area contributed by atoms with E-state index in [2.05, 4.69) is 6.92 Å². The van der Waals surface area contributed by atoms with E-state index in [0.29, 0.717) is 11.1 Å². The van der Waals surface area contributed by atoms with Crippen molar-refractivity contribution < 1.29 is 17.9 Å². The van der Waals surface area contributed by atoms with E-state index < -0.39 is 11.6 Å². The molecule has 4 rings (SSSR count). The smallest absolute Gasteiger partial charge is 0.200 e. The normalized spacial score (nSPS) is 18.3. The first-order valence-corrected chi connectivity index (χ1v) is 11.9. The lowest BCUT2D eigenvalue weighted by Crippen LogP contribution is -2.15. The summed E-state index contributed by atoms with van der Waals surface area (Å²) in [6.45, 7) is 4.15. The number of rotatable bonds is 7. The van der Waals surface area contributed by atoms with Gasteiger partial charge < -0.3 is 4.74 Å². The molecule has 1 saturated carbocycles. The number of hydrogen-bond donors (Lipinski definition) is 0. The maximum Gasteiger partial charge on any atom is 0.200 e. The van der Waals surface area contributed by atoms with Gasteiger partial charge in [-0.05, 0) is 78.8 Å². The van der Waals surface area contributed by atoms with Gasteiger partial charge in [0.25, 0.3) is 0 Å². The second kappa shape index (κ2) is 10.5. The van der Waals surface area contributed by atoms with E-state index >= 15 is 0 Å². The van der Waals surface area contributed by atoms with E-state index in [9.17, 15) is 13.2 Å². The van der Waals surface area contributed by atoms with E-state index in [4.69, 9.17) is 4.74 Å². The van der Waals surface area contributed by atoms with Crippen LogP contribution in [-0.4, -0.2) is 0 Å². The monoisotopic (exact) mass is 452 g/mol. The van der Waals surface area contributed by atoms with Crippen LogP contribution in [-0.2, 0) is 6.61 Å². The zero-order valence-corrected chi connectivity index (χ0v) is 19.3. The van der Waals surface area contributed by atoms with Gasteiger partial charge in [-0.2, -0.15) is 4.39 Å². The van der Waals surface area contributed by atoms with Gasteiger partial charge in [-0.25, -0.2) is 8.78 Å². The number of aryl methyl sites for hydroxylation is 1. The van der Waals surface area contributed by atoms with Crippen molar-refractivity contribution in [3.63, 3.8) is 0 Å². The molecule has 0 atom stereocenters. The maximum atomic E-state index is 14.8. The average Bonchev–Trinajstić information content (AvgIpc) is 2.81. The van der Waals surface area contributed by atoms with Gasteiger partial charge in [-0.1, -0.05) is 62.2 Å². The first-order valence-electron chi connectivity index (χ1n) is 11.9. The van der Waals surface area contributed by atoms with E-state index in [0.717, 1.165) is 48.3 Å². The molecule has 1 nitrogen and oxygen atoms in total. The number of halogens is 3. The third kappa shape index (κ3) is 5.43. The molecule has 0 amide bonds. The topological polar surface area (TPSA) is 9.23 Å². The fourth-order valence-corrected chi connectivity index (χ4v) is 4.94. The fraction of sp³-hybridized carbons (Fsp3) is 0.379. The Hall–Kier alpha value is -2.75. The Labute approximate surface area is 194 Å². The van der Waals surface area contributed by atoms with Crippen LogP contribution >= 0.6 is 0 Å². The first-order chi connectivity index (χ1) is 16.0. The summed E-state index contributed by atoms with van der Waals surface area (Å²) in [5.74, 6) is -1.25. The van der Waals surface area contributed by atoms with Crippen LogP contribution in [0.4, 0.5) is 13.2 Å². The van der Waals surface area contributed by atoms with Gasteiger partial charge in [-0.3, -0.25) is 0 Å². The highest BCUT2D eigenvalue weighted by Crippen LogP contribution is 2.40. The lowest BCUT2D eigenvalue weighted by atomic mass is 9.77. The van der Waals surface area contributed by atoms with Gasteiger partial charge in [0.2, 0.25) is 5.82 Å². The molecule has 0 aromatic heterocycles. The molecular formula is C29H31F3O. The minimum absolute atomic E-state index is 0.0791. The summed E-state index contributed by atoms with van der Waals surface area (Å²) in [4.78, 5) is 0. The first kappa shape index (κ1) is 23.4. The summed E-state index contributed by atoms with van der Waals surface area (Å²) in [6, 6.07) is 15.6. The molecule has 0 unspecified atom stereocenters. The zero-order chi connectivity index (χ0) is 23.4. The maximum absolute atomic E-state index is 14.8. The molecule has 0 saturated heterocycles. The molecule has 0 radical (unpaired) electrons. The fourth-order valence-electron chi connectivity index (χ4n) is 4.94. The van der Waals surface area contributed by atoms with Crippen LogP contribution in [0.25, 0.3) is 11.1 Å². The molecule has 4 heteroatoms. The van der Waals surface area contributed by atoms with Gasteiger partial charge in [0, 0.05) is 5.56 Å². The molecule has 0 spiro atoms. The Morgan fingerprint density at radius 1 is 0.848 bits per heavy atom. The number of hydrogen-bond acceptors (Lipinski definition) is 1. The van der Waals surface area contributed by atoms with Crippen LogP contribution in [0.15, 0.2) is 54.6 Å². The Morgan fingerprint density at radius 2 is 1.58 bits per heavy atom. The predicted octanol–water partition coefficient (Wildman–Crippen LogP) is 8.73. The molecule has 1 aliphatic carbocycles. The van der Waals surface area contributed by atoms with E-state index in [1.807, 2.05) is 25.1 Å². The van der Waals surface area contributed by atoms with Crippen molar-refractivity contribution in [2.45, 2.75) is 64.9 Å². The number of ether oxygens (including phenoxy) is 1. The van der Waals surface area contributed by atoms with Crippen molar-refractivity contribution in [3.05, 3.63) is 88.7 Å². The molecule has 0 aliphatic heterocycles. The Bertz CT molecular complexity index is 1080. The van der Waals surface area contributed by atoms with Gasteiger partial charge in [0.05, 0.1) is 0 Å². The van der Waals surface area contributed by atoms with Crippen LogP contribution < -0.4 is 4.74 Å². The zero-order valence-electron chi connectivity index (χ0n) is 19.3. The van der Waals surface area contributed by atoms with Crippen LogP contribution in [0.1, 0.15) is 68.1 Å². The standard InChI is InChI=1S/C29H31F3O/c1-3-4-20-6-10-23(11-7-20)25-15-16-27(29(32)28(25)31)33-18-21-8-12-22(13-9-21)24-14-5-19(2)17-26(24)30/h5,8-9,12-17,20,23H,3-4,6-7,10-11,18H2,1-2H3. The predicted molar refractivity (Wildman–Crippen MR) is 127 cm³/mol. The van der Waals surface area contributed by atoms with E-state index in [1.54, 1.807) is 30.3 Å². The third-order valence-electron chi connectivity index (χ3n) is 6.84. The van der Waals surface area contributed by atoms with Crippen molar-refractivity contribution in [2.24, 2.45) is 5.92 Å². The Morgan fingerprint density at radius 3 is 2.24 bits per heavy atom. The summed E-state index contributed by atoms with van der Waals surface area (Å²) < 4.78 is 49.4. The Kier molecular flexibility index (Phi) is 7.42. The van der Waals surface area contributed by atoms with Crippen molar-refractivity contribution in [2.75, 3.05) is 0 Å². The minimum Gasteiger partial charge on any atom is -0.486 e. The van der Waals surface area contributed by atoms with Gasteiger partial charge in [0.15, 0.2) is 11.6 Å². The molecule has 3 aromatic carbocycles. The molecule has 3 aromatic rings. The summed E-state index contributed by atoms with van der Waals surface area (Å²) in [5, 5.41) is 0. The van der Waals surface area contributed by atoms with Crippen molar-refractivity contribution >= 4 is 0 Å². The summed E-state index contributed by atoms with van der Waals surface area (Å²) in [7, 11) is 0. The largest absolute Gasteiger partial charge is 0.486 e. The summed E-state index contributed by atoms with van der Waals surface area (Å²) in [6.07, 6.45) is 6.39. The highest BCUT2D eigenvalue weighted by atomic mass is 19.2. The third-order valence-corrected chi connectivity index (χ3v) is 6.84. The SMILES string of the molecule is CCCC1CCC(c2ccc(OCc3ccc(-c4ccc(C)cc4F)cc3)c(F)c2F)CC1. The lowest BCUT2D eigenvalue weighted by Gasteiger charge is -2.29. The minimum atomic E-state index is -0.915. The van der Waals surface area contributed by atoms with Crippen molar-refractivity contribution in [3.8, 4) is 16.9 Å². The van der Waals surface area contributed by atoms with E-state index in [-0.39, 0.29) is 24.1 Å². The van der Waals surface area contributed by atoms with Gasteiger partial charge in [-0.15, -0.1) is 0 Å². The van der Waals surface area contributed by atoms with Gasteiger partial charge >= 0.3 is 0 Å². The molecule has 174 valence electrons.